The van der Waals surface area contributed by atoms with Gasteiger partial charge in [0.1, 0.15) is 5.78 Å². The molecule has 4 nitrogen and oxygen atoms in total. The zero-order valence-electron chi connectivity index (χ0n) is 15.9. The molecule has 0 spiro atoms. The summed E-state index contributed by atoms with van der Waals surface area (Å²) < 4.78 is 28.9. The Hall–Kier alpha value is -1.98. The summed E-state index contributed by atoms with van der Waals surface area (Å²) in [6.07, 6.45) is 3.35. The van der Waals surface area contributed by atoms with Crippen LogP contribution in [0.3, 0.4) is 0 Å². The number of carbonyl (C=O) groups is 1. The van der Waals surface area contributed by atoms with Crippen LogP contribution in [0, 0.1) is 18.8 Å². The molecule has 1 fully saturated rings. The fourth-order valence-corrected chi connectivity index (χ4v) is 5.15. The molecule has 1 saturated carbocycles. The molecule has 3 atom stereocenters. The maximum absolute atomic E-state index is 13.0. The van der Waals surface area contributed by atoms with E-state index in [0.717, 1.165) is 30.4 Å². The van der Waals surface area contributed by atoms with Gasteiger partial charge in [0.2, 0.25) is 10.0 Å². The highest BCUT2D eigenvalue weighted by atomic mass is 32.2. The molecule has 0 radical (unpaired) electrons. The van der Waals surface area contributed by atoms with Gasteiger partial charge in [-0.25, -0.2) is 13.1 Å². The minimum atomic E-state index is -3.73. The molecule has 1 aliphatic carbocycles. The molecule has 27 heavy (non-hydrogen) atoms. The number of hydrogen-bond acceptors (Lipinski definition) is 3. The van der Waals surface area contributed by atoms with Crippen LogP contribution in [0.5, 0.6) is 0 Å². The lowest BCUT2D eigenvalue weighted by atomic mass is 9.80. The third-order valence-electron chi connectivity index (χ3n) is 5.45. The number of rotatable bonds is 5. The minimum absolute atomic E-state index is 0.130. The minimum Gasteiger partial charge on any atom is -0.299 e. The molecule has 1 N–H and O–H groups in total. The Morgan fingerprint density at radius 2 is 1.67 bits per heavy atom. The number of carbonyl (C=O) groups excluding carboxylic acids is 1. The summed E-state index contributed by atoms with van der Waals surface area (Å²) in [6.45, 7) is 3.98. The van der Waals surface area contributed by atoms with Crippen molar-refractivity contribution in [2.24, 2.45) is 11.8 Å². The summed E-state index contributed by atoms with van der Waals surface area (Å²) in [6, 6.07) is 15.7. The first kappa shape index (κ1) is 19.8. The van der Waals surface area contributed by atoms with Crippen LogP contribution in [0.25, 0.3) is 0 Å². The molecule has 0 bridgehead atoms. The summed E-state index contributed by atoms with van der Waals surface area (Å²) in [5, 5.41) is 0. The van der Waals surface area contributed by atoms with Crippen molar-refractivity contribution in [1.29, 1.82) is 0 Å². The van der Waals surface area contributed by atoms with E-state index in [1.165, 1.54) is 0 Å². The van der Waals surface area contributed by atoms with Crippen molar-refractivity contribution in [3.63, 3.8) is 0 Å². The van der Waals surface area contributed by atoms with Crippen molar-refractivity contribution in [2.75, 3.05) is 0 Å². The fraction of sp³-hybridized carbons (Fsp3) is 0.409. The molecule has 0 heterocycles. The average Bonchev–Trinajstić information content (AvgIpc) is 2.81. The Labute approximate surface area is 162 Å². The summed E-state index contributed by atoms with van der Waals surface area (Å²) in [4.78, 5) is 13.1. The van der Waals surface area contributed by atoms with Crippen LogP contribution in [0.2, 0.25) is 0 Å². The fourth-order valence-electron chi connectivity index (χ4n) is 3.91. The first-order valence-electron chi connectivity index (χ1n) is 9.55. The molecule has 0 saturated heterocycles. The summed E-state index contributed by atoms with van der Waals surface area (Å²) in [5.41, 5.74) is 1.83. The number of nitrogens with one attached hydrogen (secondary N) is 1. The van der Waals surface area contributed by atoms with E-state index >= 15 is 0 Å². The highest BCUT2D eigenvalue weighted by molar-refractivity contribution is 7.89. The van der Waals surface area contributed by atoms with Gasteiger partial charge in [0, 0.05) is 12.3 Å². The summed E-state index contributed by atoms with van der Waals surface area (Å²) in [7, 11) is -3.73. The highest BCUT2D eigenvalue weighted by Crippen LogP contribution is 2.36. The van der Waals surface area contributed by atoms with Gasteiger partial charge < -0.3 is 0 Å². The van der Waals surface area contributed by atoms with Crippen LogP contribution in [0.15, 0.2) is 59.5 Å². The topological polar surface area (TPSA) is 63.2 Å². The molecule has 0 amide bonds. The quantitative estimate of drug-likeness (QED) is 0.776. The lowest BCUT2D eigenvalue weighted by Gasteiger charge is -2.30. The van der Waals surface area contributed by atoms with Crippen LogP contribution >= 0.6 is 0 Å². The van der Waals surface area contributed by atoms with E-state index < -0.39 is 16.1 Å². The van der Waals surface area contributed by atoms with Crippen molar-refractivity contribution in [3.8, 4) is 0 Å². The largest absolute Gasteiger partial charge is 0.299 e. The number of sulfonamides is 1. The summed E-state index contributed by atoms with van der Waals surface area (Å²) in [5.74, 6) is -0.0680. The maximum Gasteiger partial charge on any atom is 0.241 e. The van der Waals surface area contributed by atoms with Crippen LogP contribution in [-0.4, -0.2) is 14.2 Å². The van der Waals surface area contributed by atoms with Gasteiger partial charge in [0.05, 0.1) is 10.9 Å². The lowest BCUT2D eigenvalue weighted by molar-refractivity contribution is -0.124. The van der Waals surface area contributed by atoms with Crippen LogP contribution in [0.1, 0.15) is 49.8 Å². The third-order valence-corrected chi connectivity index (χ3v) is 6.91. The standard InChI is InChI=1S/C22H27NO3S/c1-16-12-14-19(15-13-16)27(25,26)23-22(18-9-4-3-5-10-18)21-17(2)8-6-7-11-20(21)24/h3-5,9-10,12-15,17,21-23H,6-8,11H2,1-2H3/t17-,21+,22-/m0/s1. The van der Waals surface area contributed by atoms with Crippen molar-refractivity contribution < 1.29 is 13.2 Å². The van der Waals surface area contributed by atoms with Gasteiger partial charge in [0.15, 0.2) is 0 Å². The van der Waals surface area contributed by atoms with E-state index in [1.54, 1.807) is 24.3 Å². The van der Waals surface area contributed by atoms with Crippen LogP contribution < -0.4 is 4.72 Å². The van der Waals surface area contributed by atoms with E-state index in [-0.39, 0.29) is 22.5 Å². The highest BCUT2D eigenvalue weighted by Gasteiger charge is 2.37. The molecule has 2 aromatic rings. The van der Waals surface area contributed by atoms with Gasteiger partial charge in [-0.05, 0) is 43.4 Å². The van der Waals surface area contributed by atoms with Crippen LogP contribution in [-0.2, 0) is 14.8 Å². The van der Waals surface area contributed by atoms with Gasteiger partial charge in [0.25, 0.3) is 0 Å². The predicted molar refractivity (Wildman–Crippen MR) is 107 cm³/mol. The van der Waals surface area contributed by atoms with E-state index in [9.17, 15) is 13.2 Å². The molecule has 3 rings (SSSR count). The molecule has 0 unspecified atom stereocenters. The zero-order chi connectivity index (χ0) is 19.4. The predicted octanol–water partition coefficient (Wildman–Crippen LogP) is 4.41. The normalized spacial score (nSPS) is 22.2. The van der Waals surface area contributed by atoms with Crippen molar-refractivity contribution in [3.05, 3.63) is 65.7 Å². The Balaban J connectivity index is 2.00. The van der Waals surface area contributed by atoms with Crippen LogP contribution in [0.4, 0.5) is 0 Å². The molecule has 2 aromatic carbocycles. The van der Waals surface area contributed by atoms with Crippen molar-refractivity contribution >= 4 is 15.8 Å². The van der Waals surface area contributed by atoms with Gasteiger partial charge in [-0.3, -0.25) is 4.79 Å². The van der Waals surface area contributed by atoms with Gasteiger partial charge >= 0.3 is 0 Å². The second kappa shape index (κ2) is 8.36. The molecule has 0 aromatic heterocycles. The SMILES string of the molecule is Cc1ccc(S(=O)(=O)N[C@@H](c2ccccc2)[C@H]2C(=O)CCCC[C@@H]2C)cc1. The third kappa shape index (κ3) is 4.66. The Bertz CT molecular complexity index is 876. The molecule has 0 aliphatic heterocycles. The van der Waals surface area contributed by atoms with Crippen molar-refractivity contribution in [2.45, 2.75) is 50.5 Å². The van der Waals surface area contributed by atoms with E-state index in [0.29, 0.717) is 6.42 Å². The first-order valence-corrected chi connectivity index (χ1v) is 11.0. The van der Waals surface area contributed by atoms with E-state index in [1.807, 2.05) is 37.3 Å². The zero-order valence-corrected chi connectivity index (χ0v) is 16.7. The van der Waals surface area contributed by atoms with Gasteiger partial charge in [-0.2, -0.15) is 0 Å². The van der Waals surface area contributed by atoms with Crippen molar-refractivity contribution in [1.82, 2.24) is 4.72 Å². The molecule has 1 aliphatic rings. The maximum atomic E-state index is 13.0. The lowest BCUT2D eigenvalue weighted by Crippen LogP contribution is -2.39. The second-order valence-electron chi connectivity index (χ2n) is 7.54. The molecular formula is C22H27NO3S. The first-order chi connectivity index (χ1) is 12.9. The monoisotopic (exact) mass is 385 g/mol. The number of aryl methyl sites for hydroxylation is 1. The van der Waals surface area contributed by atoms with E-state index in [4.69, 9.17) is 0 Å². The van der Waals surface area contributed by atoms with E-state index in [2.05, 4.69) is 11.6 Å². The van der Waals surface area contributed by atoms with Gasteiger partial charge in [-0.15, -0.1) is 0 Å². The molecule has 144 valence electrons. The van der Waals surface area contributed by atoms with Gasteiger partial charge in [-0.1, -0.05) is 61.4 Å². The molecule has 5 heteroatoms. The average molecular weight is 386 g/mol. The number of hydrogen-bond donors (Lipinski definition) is 1. The number of Topliss-reactive ketones (excluding diaryl/α,β-unsaturated/α-hetero) is 1. The second-order valence-corrected chi connectivity index (χ2v) is 9.25. The Morgan fingerprint density at radius 3 is 2.33 bits per heavy atom. The smallest absolute Gasteiger partial charge is 0.241 e. The Kier molecular flexibility index (Phi) is 6.12. The molecular weight excluding hydrogens is 358 g/mol. The number of benzene rings is 2. The Morgan fingerprint density at radius 1 is 1.00 bits per heavy atom. The summed E-state index contributed by atoms with van der Waals surface area (Å²) >= 11 is 0. The number of ketones is 1.